The van der Waals surface area contributed by atoms with Crippen LogP contribution in [-0.2, 0) is 9.59 Å². The summed E-state index contributed by atoms with van der Waals surface area (Å²) in [4.78, 5) is 34.9. The van der Waals surface area contributed by atoms with Crippen LogP contribution >= 0.6 is 11.6 Å². The summed E-state index contributed by atoms with van der Waals surface area (Å²) in [6.45, 7) is -0.281. The van der Waals surface area contributed by atoms with Gasteiger partial charge in [0, 0.05) is 17.8 Å². The second-order valence-electron chi connectivity index (χ2n) is 6.82. The summed E-state index contributed by atoms with van der Waals surface area (Å²) in [6, 6.07) is 20.4. The van der Waals surface area contributed by atoms with E-state index >= 15 is 0 Å². The van der Waals surface area contributed by atoms with Crippen molar-refractivity contribution in [1.29, 1.82) is 5.26 Å². The fourth-order valence-corrected chi connectivity index (χ4v) is 2.99. The van der Waals surface area contributed by atoms with Gasteiger partial charge in [0.2, 0.25) is 0 Å². The highest BCUT2D eigenvalue weighted by atomic mass is 35.5. The minimum atomic E-state index is -0.728. The van der Waals surface area contributed by atoms with Gasteiger partial charge in [-0.1, -0.05) is 41.9 Å². The molecule has 0 aliphatic heterocycles. The van der Waals surface area contributed by atoms with Crippen LogP contribution in [0.1, 0.15) is 5.56 Å². The Balaban J connectivity index is 1.65. The number of benzene rings is 3. The van der Waals surface area contributed by atoms with Crippen molar-refractivity contribution in [3.05, 3.63) is 99.1 Å². The Bertz CT molecular complexity index is 1320. The van der Waals surface area contributed by atoms with Crippen molar-refractivity contribution in [2.24, 2.45) is 0 Å². The first-order valence-corrected chi connectivity index (χ1v) is 10.2. The zero-order valence-corrected chi connectivity index (χ0v) is 18.3. The number of hydrogen-bond donors (Lipinski definition) is 2. The van der Waals surface area contributed by atoms with E-state index in [1.807, 2.05) is 6.07 Å². The van der Waals surface area contributed by atoms with Crippen molar-refractivity contribution in [3.8, 4) is 11.8 Å². The van der Waals surface area contributed by atoms with Crippen molar-refractivity contribution in [3.63, 3.8) is 0 Å². The SMILES string of the molecule is N#C/C(=C/c1cccc(OCC(=O)Nc2ccccc2Cl)c1)C(=O)Nc1cccc([N+](=O)[O-])c1. The molecular weight excluding hydrogens is 460 g/mol. The lowest BCUT2D eigenvalue weighted by molar-refractivity contribution is -0.384. The van der Waals surface area contributed by atoms with E-state index in [4.69, 9.17) is 16.3 Å². The standard InChI is InChI=1S/C24H17ClN4O5/c25-21-9-1-2-10-22(21)28-23(30)15-34-20-8-3-5-16(12-20)11-17(14-26)24(31)27-18-6-4-7-19(13-18)29(32)33/h1-13H,15H2,(H,27,31)(H,28,30)/b17-11-. The summed E-state index contributed by atoms with van der Waals surface area (Å²) >= 11 is 6.02. The maximum Gasteiger partial charge on any atom is 0.271 e. The number of carbonyl (C=O) groups excluding carboxylic acids is 2. The van der Waals surface area contributed by atoms with Crippen LogP contribution < -0.4 is 15.4 Å². The number of non-ortho nitro benzene ring substituents is 1. The maximum atomic E-state index is 12.5. The van der Waals surface area contributed by atoms with Crippen LogP contribution in [0.25, 0.3) is 6.08 Å². The molecular formula is C24H17ClN4O5. The number of rotatable bonds is 8. The number of nitro groups is 1. The summed E-state index contributed by atoms with van der Waals surface area (Å²) in [5.41, 5.74) is 0.712. The average Bonchev–Trinajstić information content (AvgIpc) is 2.83. The van der Waals surface area contributed by atoms with Crippen LogP contribution in [0.2, 0.25) is 5.02 Å². The van der Waals surface area contributed by atoms with Crippen LogP contribution in [-0.4, -0.2) is 23.3 Å². The van der Waals surface area contributed by atoms with Crippen molar-refractivity contribution < 1.29 is 19.2 Å². The van der Waals surface area contributed by atoms with Gasteiger partial charge in [-0.15, -0.1) is 0 Å². The van der Waals surface area contributed by atoms with Gasteiger partial charge in [-0.2, -0.15) is 5.26 Å². The van der Waals surface area contributed by atoms with Crippen LogP contribution in [0.15, 0.2) is 78.4 Å². The Morgan fingerprint density at radius 1 is 1.06 bits per heavy atom. The maximum absolute atomic E-state index is 12.5. The molecule has 0 bridgehead atoms. The smallest absolute Gasteiger partial charge is 0.271 e. The largest absolute Gasteiger partial charge is 0.484 e. The molecule has 34 heavy (non-hydrogen) atoms. The van der Waals surface area contributed by atoms with E-state index in [1.54, 1.807) is 48.5 Å². The molecule has 0 atom stereocenters. The molecule has 0 spiro atoms. The Morgan fingerprint density at radius 2 is 1.82 bits per heavy atom. The predicted octanol–water partition coefficient (Wildman–Crippen LogP) is 4.81. The Hall–Kier alpha value is -4.68. The number of para-hydroxylation sites is 1. The molecule has 10 heteroatoms. The molecule has 2 N–H and O–H groups in total. The van der Waals surface area contributed by atoms with Gasteiger partial charge in [0.15, 0.2) is 6.61 Å². The summed E-state index contributed by atoms with van der Waals surface area (Å²) in [7, 11) is 0. The molecule has 0 aromatic heterocycles. The quantitative estimate of drug-likeness (QED) is 0.207. The third-order valence-corrected chi connectivity index (χ3v) is 4.70. The van der Waals surface area contributed by atoms with Gasteiger partial charge in [-0.05, 0) is 42.0 Å². The van der Waals surface area contributed by atoms with Gasteiger partial charge in [-0.3, -0.25) is 19.7 Å². The van der Waals surface area contributed by atoms with Gasteiger partial charge in [-0.25, -0.2) is 0 Å². The number of nitriles is 1. The lowest BCUT2D eigenvalue weighted by Crippen LogP contribution is -2.20. The molecule has 0 aliphatic rings. The van der Waals surface area contributed by atoms with Crippen molar-refractivity contribution in [2.45, 2.75) is 0 Å². The lowest BCUT2D eigenvalue weighted by atomic mass is 10.1. The highest BCUT2D eigenvalue weighted by Gasteiger charge is 2.13. The minimum Gasteiger partial charge on any atom is -0.484 e. The first-order valence-electron chi connectivity index (χ1n) is 9.80. The molecule has 3 aromatic carbocycles. The number of hydrogen-bond acceptors (Lipinski definition) is 6. The van der Waals surface area contributed by atoms with E-state index in [1.165, 1.54) is 30.3 Å². The van der Waals surface area contributed by atoms with E-state index in [0.29, 0.717) is 22.0 Å². The fraction of sp³-hybridized carbons (Fsp3) is 0.0417. The molecule has 2 amide bonds. The van der Waals surface area contributed by atoms with E-state index < -0.39 is 16.7 Å². The van der Waals surface area contributed by atoms with Crippen molar-refractivity contribution in [2.75, 3.05) is 17.2 Å². The van der Waals surface area contributed by atoms with Gasteiger partial charge in [0.05, 0.1) is 15.6 Å². The molecule has 170 valence electrons. The number of nitrogens with one attached hydrogen (secondary N) is 2. The third-order valence-electron chi connectivity index (χ3n) is 4.37. The number of carbonyl (C=O) groups is 2. The van der Waals surface area contributed by atoms with Gasteiger partial charge < -0.3 is 15.4 Å². The summed E-state index contributed by atoms with van der Waals surface area (Å²) in [5, 5.41) is 25.8. The second-order valence-corrected chi connectivity index (χ2v) is 7.23. The van der Waals surface area contributed by atoms with Crippen LogP contribution in [0.5, 0.6) is 5.75 Å². The van der Waals surface area contributed by atoms with E-state index in [-0.39, 0.29) is 23.6 Å². The number of halogens is 1. The predicted molar refractivity (Wildman–Crippen MR) is 127 cm³/mol. The molecule has 0 unspecified atom stereocenters. The first kappa shape index (κ1) is 24.0. The minimum absolute atomic E-state index is 0.182. The molecule has 0 saturated carbocycles. The van der Waals surface area contributed by atoms with Crippen molar-refractivity contribution in [1.82, 2.24) is 0 Å². The van der Waals surface area contributed by atoms with Gasteiger partial charge in [0.1, 0.15) is 17.4 Å². The molecule has 3 aromatic rings. The Morgan fingerprint density at radius 3 is 2.56 bits per heavy atom. The second kappa shape index (κ2) is 11.3. The fourth-order valence-electron chi connectivity index (χ4n) is 2.80. The van der Waals surface area contributed by atoms with Crippen LogP contribution in [0.3, 0.4) is 0 Å². The normalized spacial score (nSPS) is 10.6. The van der Waals surface area contributed by atoms with E-state index in [0.717, 1.165) is 0 Å². The Labute approximate surface area is 199 Å². The highest BCUT2D eigenvalue weighted by molar-refractivity contribution is 6.33. The number of amides is 2. The zero-order chi connectivity index (χ0) is 24.5. The van der Waals surface area contributed by atoms with Crippen LogP contribution in [0.4, 0.5) is 17.1 Å². The third kappa shape index (κ3) is 6.66. The van der Waals surface area contributed by atoms with Crippen LogP contribution in [0, 0.1) is 21.4 Å². The van der Waals surface area contributed by atoms with Gasteiger partial charge in [0.25, 0.3) is 17.5 Å². The lowest BCUT2D eigenvalue weighted by Gasteiger charge is -2.09. The van der Waals surface area contributed by atoms with Gasteiger partial charge >= 0.3 is 0 Å². The number of nitro benzene ring substituents is 1. The Kier molecular flexibility index (Phi) is 7.94. The molecule has 0 heterocycles. The van der Waals surface area contributed by atoms with E-state index in [2.05, 4.69) is 10.6 Å². The molecule has 0 saturated heterocycles. The summed E-state index contributed by atoms with van der Waals surface area (Å²) in [6.07, 6.45) is 1.34. The number of anilines is 2. The molecule has 9 nitrogen and oxygen atoms in total. The topological polar surface area (TPSA) is 134 Å². The highest BCUT2D eigenvalue weighted by Crippen LogP contribution is 2.21. The average molecular weight is 477 g/mol. The molecule has 0 radical (unpaired) electrons. The summed E-state index contributed by atoms with van der Waals surface area (Å²) < 4.78 is 5.50. The van der Waals surface area contributed by atoms with E-state index in [9.17, 15) is 25.0 Å². The summed E-state index contributed by atoms with van der Waals surface area (Å²) in [5.74, 6) is -0.795. The number of ether oxygens (including phenoxy) is 1. The monoisotopic (exact) mass is 476 g/mol. The van der Waals surface area contributed by atoms with Crippen molar-refractivity contribution >= 4 is 46.6 Å². The zero-order valence-electron chi connectivity index (χ0n) is 17.5. The first-order chi connectivity index (χ1) is 16.4. The number of nitrogens with zero attached hydrogens (tertiary/aromatic N) is 2. The molecule has 0 fully saturated rings. The molecule has 0 aliphatic carbocycles. The molecule has 3 rings (SSSR count).